The lowest BCUT2D eigenvalue weighted by Gasteiger charge is -2.33. The summed E-state index contributed by atoms with van der Waals surface area (Å²) < 4.78 is 4.96. The number of hydrogen-bond acceptors (Lipinski definition) is 5. The number of esters is 1. The number of fused-ring (bicyclic) bond motifs is 1. The predicted molar refractivity (Wildman–Crippen MR) is 87.8 cm³/mol. The first kappa shape index (κ1) is 17.2. The molecule has 1 saturated heterocycles. The highest BCUT2D eigenvalue weighted by atomic mass is 16.5. The fourth-order valence-corrected chi connectivity index (χ4v) is 4.86. The Balaban J connectivity index is 1.69. The van der Waals surface area contributed by atoms with Crippen LogP contribution < -0.4 is 5.32 Å². The summed E-state index contributed by atoms with van der Waals surface area (Å²) in [5, 5.41) is 12.4. The van der Waals surface area contributed by atoms with Crippen molar-refractivity contribution in [2.24, 2.45) is 5.92 Å². The second-order valence-corrected chi connectivity index (χ2v) is 7.51. The van der Waals surface area contributed by atoms with Crippen LogP contribution in [0.5, 0.6) is 0 Å². The lowest BCUT2D eigenvalue weighted by atomic mass is 9.85. The first-order valence-corrected chi connectivity index (χ1v) is 9.14. The first-order chi connectivity index (χ1) is 11.6. The molecule has 0 aromatic heterocycles. The largest absolute Gasteiger partial charge is 0.468 e. The van der Waals surface area contributed by atoms with Gasteiger partial charge in [-0.05, 0) is 50.9 Å². The molecule has 1 heterocycles. The lowest BCUT2D eigenvalue weighted by molar-refractivity contribution is -0.146. The van der Waals surface area contributed by atoms with Crippen molar-refractivity contribution in [2.45, 2.75) is 75.4 Å². The highest BCUT2D eigenvalue weighted by Crippen LogP contribution is 2.40. The van der Waals surface area contributed by atoms with Crippen LogP contribution in [0.3, 0.4) is 0 Å². The third kappa shape index (κ3) is 3.27. The Bertz CT molecular complexity index is 536. The maximum absolute atomic E-state index is 12.6. The molecule has 1 N–H and O–H groups in total. The van der Waals surface area contributed by atoms with Crippen LogP contribution in [-0.4, -0.2) is 48.1 Å². The molecular formula is C18H27N3O3. The molecule has 0 aromatic carbocycles. The van der Waals surface area contributed by atoms with Crippen LogP contribution in [0.4, 0.5) is 0 Å². The Morgan fingerprint density at radius 3 is 2.62 bits per heavy atom. The van der Waals surface area contributed by atoms with E-state index in [0.29, 0.717) is 5.92 Å². The number of nitrogens with zero attached hydrogens (tertiary/aromatic N) is 2. The molecule has 0 radical (unpaired) electrons. The highest BCUT2D eigenvalue weighted by molar-refractivity contribution is 5.82. The highest BCUT2D eigenvalue weighted by Gasteiger charge is 2.46. The SMILES string of the molecule is COC(=O)[C@@H]1C[C@H]2CCCC[C@@H]2N1CC(=O)NC1(C#N)CCCC1. The number of ether oxygens (including phenoxy) is 1. The minimum absolute atomic E-state index is 0.140. The van der Waals surface area contributed by atoms with Crippen LogP contribution in [0.15, 0.2) is 0 Å². The molecule has 0 bridgehead atoms. The Morgan fingerprint density at radius 1 is 1.25 bits per heavy atom. The maximum atomic E-state index is 12.6. The summed E-state index contributed by atoms with van der Waals surface area (Å²) in [5.41, 5.74) is -0.705. The molecule has 24 heavy (non-hydrogen) atoms. The van der Waals surface area contributed by atoms with Gasteiger partial charge in [0.15, 0.2) is 0 Å². The first-order valence-electron chi connectivity index (χ1n) is 9.14. The molecule has 3 atom stereocenters. The fraction of sp³-hybridized carbons (Fsp3) is 0.833. The van der Waals surface area contributed by atoms with Gasteiger partial charge in [-0.2, -0.15) is 5.26 Å². The van der Waals surface area contributed by atoms with Gasteiger partial charge >= 0.3 is 5.97 Å². The van der Waals surface area contributed by atoms with Crippen molar-refractivity contribution < 1.29 is 14.3 Å². The summed E-state index contributed by atoms with van der Waals surface area (Å²) >= 11 is 0. The fourth-order valence-electron chi connectivity index (χ4n) is 4.86. The van der Waals surface area contributed by atoms with E-state index in [1.54, 1.807) is 0 Å². The van der Waals surface area contributed by atoms with Gasteiger partial charge in [0.25, 0.3) is 0 Å². The van der Waals surface area contributed by atoms with Crippen LogP contribution in [0.2, 0.25) is 0 Å². The molecule has 132 valence electrons. The van der Waals surface area contributed by atoms with Crippen molar-refractivity contribution in [3.05, 3.63) is 0 Å². The van der Waals surface area contributed by atoms with Gasteiger partial charge in [-0.25, -0.2) is 0 Å². The van der Waals surface area contributed by atoms with Crippen molar-refractivity contribution in [1.29, 1.82) is 5.26 Å². The Morgan fingerprint density at radius 2 is 1.96 bits per heavy atom. The van der Waals surface area contributed by atoms with Crippen LogP contribution in [0.1, 0.15) is 57.8 Å². The van der Waals surface area contributed by atoms with Gasteiger partial charge in [0.1, 0.15) is 11.6 Å². The minimum Gasteiger partial charge on any atom is -0.468 e. The quantitative estimate of drug-likeness (QED) is 0.793. The number of likely N-dealkylation sites (tertiary alicyclic amines) is 1. The molecule has 3 rings (SSSR count). The van der Waals surface area contributed by atoms with Gasteiger partial charge in [0.05, 0.1) is 19.7 Å². The molecule has 6 heteroatoms. The number of amides is 1. The van der Waals surface area contributed by atoms with Gasteiger partial charge in [-0.3, -0.25) is 14.5 Å². The van der Waals surface area contributed by atoms with E-state index in [1.807, 2.05) is 4.90 Å². The summed E-state index contributed by atoms with van der Waals surface area (Å²) in [6.07, 6.45) is 8.70. The number of methoxy groups -OCH3 is 1. The predicted octanol–water partition coefficient (Wildman–Crippen LogP) is 1.75. The molecule has 0 aromatic rings. The standard InChI is InChI=1S/C18H27N3O3/c1-24-17(23)15-10-13-6-2-3-7-14(13)21(15)11-16(22)20-18(12-19)8-4-5-9-18/h13-15H,2-11H2,1H3,(H,20,22)/t13-,14+,15+/m1/s1. The molecule has 1 aliphatic heterocycles. The van der Waals surface area contributed by atoms with E-state index in [4.69, 9.17) is 4.74 Å². The Labute approximate surface area is 143 Å². The Hall–Kier alpha value is -1.61. The number of nitrogens with one attached hydrogen (secondary N) is 1. The summed E-state index contributed by atoms with van der Waals surface area (Å²) in [4.78, 5) is 26.8. The zero-order valence-corrected chi connectivity index (χ0v) is 14.4. The molecular weight excluding hydrogens is 306 g/mol. The van der Waals surface area contributed by atoms with Crippen molar-refractivity contribution in [3.8, 4) is 6.07 Å². The van der Waals surface area contributed by atoms with Gasteiger partial charge < -0.3 is 10.1 Å². The smallest absolute Gasteiger partial charge is 0.323 e. The van der Waals surface area contributed by atoms with Gasteiger partial charge in [-0.15, -0.1) is 0 Å². The van der Waals surface area contributed by atoms with E-state index in [-0.39, 0.29) is 30.5 Å². The second-order valence-electron chi connectivity index (χ2n) is 7.51. The zero-order chi connectivity index (χ0) is 17.2. The molecule has 0 unspecified atom stereocenters. The third-order valence-electron chi connectivity index (χ3n) is 6.07. The van der Waals surface area contributed by atoms with E-state index in [1.165, 1.54) is 13.5 Å². The Kier molecular flexibility index (Phi) is 5.09. The topological polar surface area (TPSA) is 82.4 Å². The molecule has 3 aliphatic rings. The molecule has 6 nitrogen and oxygen atoms in total. The number of hydrogen-bond donors (Lipinski definition) is 1. The van der Waals surface area contributed by atoms with E-state index in [0.717, 1.165) is 51.4 Å². The van der Waals surface area contributed by atoms with Crippen molar-refractivity contribution in [2.75, 3.05) is 13.7 Å². The van der Waals surface area contributed by atoms with E-state index in [2.05, 4.69) is 11.4 Å². The molecule has 1 amide bonds. The monoisotopic (exact) mass is 333 g/mol. The molecule has 3 fully saturated rings. The third-order valence-corrected chi connectivity index (χ3v) is 6.07. The van der Waals surface area contributed by atoms with Crippen LogP contribution in [0, 0.1) is 17.2 Å². The van der Waals surface area contributed by atoms with Crippen LogP contribution in [-0.2, 0) is 14.3 Å². The molecule has 2 saturated carbocycles. The maximum Gasteiger partial charge on any atom is 0.323 e. The molecule has 2 aliphatic carbocycles. The summed E-state index contributed by atoms with van der Waals surface area (Å²) in [5.74, 6) is 0.0960. The van der Waals surface area contributed by atoms with E-state index < -0.39 is 5.54 Å². The van der Waals surface area contributed by atoms with Crippen molar-refractivity contribution >= 4 is 11.9 Å². The number of carbonyl (C=O) groups is 2. The van der Waals surface area contributed by atoms with Crippen molar-refractivity contribution in [1.82, 2.24) is 10.2 Å². The number of nitriles is 1. The van der Waals surface area contributed by atoms with Crippen molar-refractivity contribution in [3.63, 3.8) is 0 Å². The second kappa shape index (κ2) is 7.10. The van der Waals surface area contributed by atoms with Gasteiger partial charge in [0, 0.05) is 6.04 Å². The minimum atomic E-state index is -0.705. The average Bonchev–Trinajstić information content (AvgIpc) is 3.20. The van der Waals surface area contributed by atoms with Crippen LogP contribution in [0.25, 0.3) is 0 Å². The number of rotatable bonds is 4. The number of carbonyl (C=O) groups excluding carboxylic acids is 2. The average molecular weight is 333 g/mol. The summed E-state index contributed by atoms with van der Waals surface area (Å²) in [6, 6.07) is 2.26. The van der Waals surface area contributed by atoms with Gasteiger partial charge in [-0.1, -0.05) is 12.8 Å². The van der Waals surface area contributed by atoms with E-state index in [9.17, 15) is 14.9 Å². The summed E-state index contributed by atoms with van der Waals surface area (Å²) in [6.45, 7) is 0.185. The lowest BCUT2D eigenvalue weighted by Crippen LogP contribution is -2.52. The zero-order valence-electron chi connectivity index (χ0n) is 14.4. The normalized spacial score (nSPS) is 31.9. The molecule has 0 spiro atoms. The van der Waals surface area contributed by atoms with E-state index >= 15 is 0 Å². The summed E-state index contributed by atoms with van der Waals surface area (Å²) in [7, 11) is 1.41. The van der Waals surface area contributed by atoms with Crippen LogP contribution >= 0.6 is 0 Å². The van der Waals surface area contributed by atoms with Gasteiger partial charge in [0.2, 0.25) is 5.91 Å².